The summed E-state index contributed by atoms with van der Waals surface area (Å²) in [7, 11) is 0. The number of carbonyl (C=O) groups is 1. The Morgan fingerprint density at radius 1 is 1.42 bits per heavy atom. The van der Waals surface area contributed by atoms with E-state index in [1.165, 1.54) is 0 Å². The molecule has 1 aliphatic rings. The number of carbonyl (C=O) groups excluding carboxylic acids is 1. The molecule has 4 heteroatoms. The Balaban J connectivity index is 2.16. The molecule has 1 saturated heterocycles. The number of hydrogen-bond donors (Lipinski definition) is 1. The fourth-order valence-electron chi connectivity index (χ4n) is 2.21. The van der Waals surface area contributed by atoms with E-state index in [0.29, 0.717) is 18.8 Å². The molecule has 2 rings (SSSR count). The maximum atomic E-state index is 12.5. The van der Waals surface area contributed by atoms with Gasteiger partial charge >= 0.3 is 0 Å². The molecule has 2 atom stereocenters. The molecule has 0 saturated carbocycles. The number of hydrogen-bond acceptors (Lipinski definition) is 4. The lowest BCUT2D eigenvalue weighted by atomic mass is 9.78. The van der Waals surface area contributed by atoms with Crippen LogP contribution in [0.2, 0.25) is 0 Å². The van der Waals surface area contributed by atoms with Crippen LogP contribution in [0.5, 0.6) is 5.75 Å². The van der Waals surface area contributed by atoms with Crippen LogP contribution in [0.3, 0.4) is 0 Å². The second-order valence-corrected chi connectivity index (χ2v) is 5.56. The van der Waals surface area contributed by atoms with Gasteiger partial charge < -0.3 is 15.2 Å². The predicted molar refractivity (Wildman–Crippen MR) is 73.4 cm³/mol. The lowest BCUT2D eigenvalue weighted by molar-refractivity contribution is 0.0767. The van der Waals surface area contributed by atoms with Gasteiger partial charge in [0, 0.05) is 11.6 Å². The molecule has 0 amide bonds. The minimum absolute atomic E-state index is 0.0357. The first-order valence-electron chi connectivity index (χ1n) is 6.58. The Bertz CT molecular complexity index is 455. The fraction of sp³-hybridized carbons (Fsp3) is 0.533. The molecule has 2 unspecified atom stereocenters. The fourth-order valence-corrected chi connectivity index (χ4v) is 2.21. The van der Waals surface area contributed by atoms with E-state index in [9.17, 15) is 4.79 Å². The highest BCUT2D eigenvalue weighted by Gasteiger charge is 2.44. The number of ketones is 1. The quantitative estimate of drug-likeness (QED) is 0.844. The van der Waals surface area contributed by atoms with E-state index in [0.717, 1.165) is 5.75 Å². The SMILES string of the molecule is CC(C)Oc1ccc(C(=O)C2(C)COCC2N)cc1. The van der Waals surface area contributed by atoms with Gasteiger partial charge in [-0.15, -0.1) is 0 Å². The summed E-state index contributed by atoms with van der Waals surface area (Å²) in [6, 6.07) is 6.97. The summed E-state index contributed by atoms with van der Waals surface area (Å²) in [5, 5.41) is 0. The summed E-state index contributed by atoms with van der Waals surface area (Å²) in [6.07, 6.45) is 0.121. The number of rotatable bonds is 4. The van der Waals surface area contributed by atoms with Gasteiger partial charge in [-0.3, -0.25) is 4.79 Å². The van der Waals surface area contributed by atoms with E-state index >= 15 is 0 Å². The van der Waals surface area contributed by atoms with E-state index in [1.54, 1.807) is 12.1 Å². The van der Waals surface area contributed by atoms with Crippen molar-refractivity contribution in [3.8, 4) is 5.75 Å². The van der Waals surface area contributed by atoms with Gasteiger partial charge in [-0.05, 0) is 45.0 Å². The maximum absolute atomic E-state index is 12.5. The Kier molecular flexibility index (Phi) is 3.92. The second-order valence-electron chi connectivity index (χ2n) is 5.56. The summed E-state index contributed by atoms with van der Waals surface area (Å²) in [5.74, 6) is 0.803. The van der Waals surface area contributed by atoms with E-state index in [2.05, 4.69) is 0 Å². The predicted octanol–water partition coefficient (Wildman–Crippen LogP) is 2.02. The molecule has 1 heterocycles. The van der Waals surface area contributed by atoms with Crippen LogP contribution in [-0.4, -0.2) is 31.1 Å². The first-order valence-corrected chi connectivity index (χ1v) is 6.58. The molecular weight excluding hydrogens is 242 g/mol. The van der Waals surface area contributed by atoms with Crippen LogP contribution in [-0.2, 0) is 4.74 Å². The molecule has 0 spiro atoms. The van der Waals surface area contributed by atoms with Crippen LogP contribution in [0, 0.1) is 5.41 Å². The van der Waals surface area contributed by atoms with Crippen LogP contribution in [0.4, 0.5) is 0 Å². The molecule has 0 bridgehead atoms. The highest BCUT2D eigenvalue weighted by atomic mass is 16.5. The first-order chi connectivity index (χ1) is 8.93. The third-order valence-corrected chi connectivity index (χ3v) is 3.52. The van der Waals surface area contributed by atoms with Crippen molar-refractivity contribution < 1.29 is 14.3 Å². The molecular formula is C15H21NO3. The van der Waals surface area contributed by atoms with Crippen molar-refractivity contribution >= 4 is 5.78 Å². The monoisotopic (exact) mass is 263 g/mol. The smallest absolute Gasteiger partial charge is 0.172 e. The zero-order chi connectivity index (χ0) is 14.0. The van der Waals surface area contributed by atoms with E-state index < -0.39 is 5.41 Å². The molecule has 104 valence electrons. The van der Waals surface area contributed by atoms with Gasteiger partial charge in [0.15, 0.2) is 5.78 Å². The summed E-state index contributed by atoms with van der Waals surface area (Å²) in [6.45, 7) is 6.63. The van der Waals surface area contributed by atoms with Gasteiger partial charge in [0.1, 0.15) is 5.75 Å². The second kappa shape index (κ2) is 5.31. The summed E-state index contributed by atoms with van der Waals surface area (Å²) in [5.41, 5.74) is 6.00. The van der Waals surface area contributed by atoms with Gasteiger partial charge in [-0.1, -0.05) is 0 Å². The van der Waals surface area contributed by atoms with Crippen LogP contribution in [0.25, 0.3) is 0 Å². The minimum Gasteiger partial charge on any atom is -0.491 e. The molecule has 2 N–H and O–H groups in total. The van der Waals surface area contributed by atoms with Gasteiger partial charge in [0.25, 0.3) is 0 Å². The lowest BCUT2D eigenvalue weighted by Gasteiger charge is -2.25. The van der Waals surface area contributed by atoms with Crippen LogP contribution < -0.4 is 10.5 Å². The molecule has 0 aromatic heterocycles. The first kappa shape index (κ1) is 14.0. The van der Waals surface area contributed by atoms with Crippen LogP contribution >= 0.6 is 0 Å². The van der Waals surface area contributed by atoms with Crippen molar-refractivity contribution in [2.45, 2.75) is 32.9 Å². The van der Waals surface area contributed by atoms with Crippen molar-refractivity contribution in [3.05, 3.63) is 29.8 Å². The van der Waals surface area contributed by atoms with Crippen molar-refractivity contribution in [2.75, 3.05) is 13.2 Å². The zero-order valence-corrected chi connectivity index (χ0v) is 11.7. The highest BCUT2D eigenvalue weighted by Crippen LogP contribution is 2.31. The Morgan fingerprint density at radius 3 is 2.53 bits per heavy atom. The molecule has 1 aromatic rings. The van der Waals surface area contributed by atoms with Gasteiger partial charge in [-0.2, -0.15) is 0 Å². The van der Waals surface area contributed by atoms with Gasteiger partial charge in [-0.25, -0.2) is 0 Å². The largest absolute Gasteiger partial charge is 0.491 e. The average Bonchev–Trinajstić information content (AvgIpc) is 2.70. The Hall–Kier alpha value is -1.39. The Morgan fingerprint density at radius 2 is 2.05 bits per heavy atom. The van der Waals surface area contributed by atoms with Crippen molar-refractivity contribution in [1.82, 2.24) is 0 Å². The van der Waals surface area contributed by atoms with Crippen LogP contribution in [0.15, 0.2) is 24.3 Å². The Labute approximate surface area is 113 Å². The normalized spacial score (nSPS) is 26.7. The van der Waals surface area contributed by atoms with Gasteiger partial charge in [0.05, 0.1) is 24.7 Å². The molecule has 19 heavy (non-hydrogen) atoms. The van der Waals surface area contributed by atoms with Crippen molar-refractivity contribution in [2.24, 2.45) is 11.1 Å². The zero-order valence-electron chi connectivity index (χ0n) is 11.7. The number of Topliss-reactive ketones (excluding diaryl/α,β-unsaturated/α-hetero) is 1. The summed E-state index contributed by atoms with van der Waals surface area (Å²) in [4.78, 5) is 12.5. The highest BCUT2D eigenvalue weighted by molar-refractivity contribution is 6.01. The van der Waals surface area contributed by atoms with E-state index in [1.807, 2.05) is 32.9 Å². The van der Waals surface area contributed by atoms with E-state index in [-0.39, 0.29) is 17.9 Å². The lowest BCUT2D eigenvalue weighted by Crippen LogP contribution is -2.44. The molecule has 1 aromatic carbocycles. The standard InChI is InChI=1S/C15H21NO3/c1-10(2)19-12-6-4-11(5-7-12)14(17)15(3)9-18-8-13(15)16/h4-7,10,13H,8-9,16H2,1-3H3. The molecule has 1 fully saturated rings. The van der Waals surface area contributed by atoms with E-state index in [4.69, 9.17) is 15.2 Å². The molecule has 4 nitrogen and oxygen atoms in total. The maximum Gasteiger partial charge on any atom is 0.172 e. The third-order valence-electron chi connectivity index (χ3n) is 3.52. The summed E-state index contributed by atoms with van der Waals surface area (Å²) < 4.78 is 10.9. The number of ether oxygens (including phenoxy) is 2. The third kappa shape index (κ3) is 2.80. The number of benzene rings is 1. The van der Waals surface area contributed by atoms with Crippen molar-refractivity contribution in [3.63, 3.8) is 0 Å². The molecule has 0 radical (unpaired) electrons. The average molecular weight is 263 g/mol. The molecule has 0 aliphatic carbocycles. The summed E-state index contributed by atoms with van der Waals surface area (Å²) >= 11 is 0. The van der Waals surface area contributed by atoms with Crippen LogP contribution in [0.1, 0.15) is 31.1 Å². The van der Waals surface area contributed by atoms with Crippen molar-refractivity contribution in [1.29, 1.82) is 0 Å². The topological polar surface area (TPSA) is 61.5 Å². The molecule has 1 aliphatic heterocycles. The van der Waals surface area contributed by atoms with Gasteiger partial charge in [0.2, 0.25) is 0 Å². The number of nitrogens with two attached hydrogens (primary N) is 1. The minimum atomic E-state index is -0.625.